The van der Waals surface area contributed by atoms with Crippen LogP contribution in [0.3, 0.4) is 0 Å². The molecular formula is C20H23FN2O2. The lowest BCUT2D eigenvalue weighted by molar-refractivity contribution is -0.121. The van der Waals surface area contributed by atoms with Crippen LogP contribution in [0.4, 0.5) is 10.1 Å². The van der Waals surface area contributed by atoms with E-state index in [0.717, 1.165) is 22.4 Å². The lowest BCUT2D eigenvalue weighted by Gasteiger charge is -2.23. The van der Waals surface area contributed by atoms with Gasteiger partial charge in [0, 0.05) is 32.1 Å². The molecule has 0 radical (unpaired) electrons. The van der Waals surface area contributed by atoms with Gasteiger partial charge in [-0.25, -0.2) is 4.39 Å². The molecule has 0 unspecified atom stereocenters. The van der Waals surface area contributed by atoms with Gasteiger partial charge < -0.3 is 10.2 Å². The molecule has 0 aliphatic heterocycles. The Morgan fingerprint density at radius 2 is 1.76 bits per heavy atom. The predicted molar refractivity (Wildman–Crippen MR) is 96.8 cm³/mol. The van der Waals surface area contributed by atoms with E-state index >= 15 is 0 Å². The topological polar surface area (TPSA) is 49.4 Å². The Kier molecular flexibility index (Phi) is 6.28. The SMILES string of the molecule is CC(=O)N(CCC(=O)NCc1ccc(F)cc1)c1cc(C)ccc1C. The first-order chi connectivity index (χ1) is 11.9. The molecule has 0 saturated carbocycles. The largest absolute Gasteiger partial charge is 0.352 e. The van der Waals surface area contributed by atoms with Gasteiger partial charge in [0.1, 0.15) is 5.82 Å². The second-order valence-electron chi connectivity index (χ2n) is 6.11. The summed E-state index contributed by atoms with van der Waals surface area (Å²) in [5.41, 5.74) is 3.71. The average molecular weight is 342 g/mol. The van der Waals surface area contributed by atoms with Crippen molar-refractivity contribution in [3.8, 4) is 0 Å². The summed E-state index contributed by atoms with van der Waals surface area (Å²) in [5, 5.41) is 2.79. The third kappa shape index (κ3) is 5.41. The number of amides is 2. The molecule has 0 spiro atoms. The quantitative estimate of drug-likeness (QED) is 0.873. The summed E-state index contributed by atoms with van der Waals surface area (Å²) in [6.45, 7) is 6.06. The second-order valence-corrected chi connectivity index (χ2v) is 6.11. The van der Waals surface area contributed by atoms with Gasteiger partial charge in [-0.05, 0) is 48.7 Å². The van der Waals surface area contributed by atoms with E-state index in [1.54, 1.807) is 17.0 Å². The molecule has 2 rings (SSSR count). The van der Waals surface area contributed by atoms with Crippen LogP contribution in [0, 0.1) is 19.7 Å². The Hall–Kier alpha value is -2.69. The van der Waals surface area contributed by atoms with Crippen LogP contribution in [0.5, 0.6) is 0 Å². The fraction of sp³-hybridized carbons (Fsp3) is 0.300. The van der Waals surface area contributed by atoms with E-state index < -0.39 is 0 Å². The Balaban J connectivity index is 1.94. The molecule has 0 bridgehead atoms. The van der Waals surface area contributed by atoms with E-state index in [4.69, 9.17) is 0 Å². The van der Waals surface area contributed by atoms with Crippen molar-refractivity contribution in [3.63, 3.8) is 0 Å². The number of hydrogen-bond donors (Lipinski definition) is 1. The van der Waals surface area contributed by atoms with Crippen molar-refractivity contribution in [3.05, 3.63) is 65.0 Å². The first-order valence-corrected chi connectivity index (χ1v) is 8.23. The molecule has 2 amide bonds. The molecule has 0 saturated heterocycles. The van der Waals surface area contributed by atoms with Crippen LogP contribution in [0.25, 0.3) is 0 Å². The summed E-state index contributed by atoms with van der Waals surface area (Å²) in [6, 6.07) is 11.9. The molecule has 0 atom stereocenters. The number of carbonyl (C=O) groups is 2. The van der Waals surface area contributed by atoms with E-state index in [2.05, 4.69) is 5.32 Å². The summed E-state index contributed by atoms with van der Waals surface area (Å²) in [4.78, 5) is 25.7. The van der Waals surface area contributed by atoms with Crippen molar-refractivity contribution in [2.45, 2.75) is 33.7 Å². The predicted octanol–water partition coefficient (Wildman–Crippen LogP) is 3.50. The summed E-state index contributed by atoms with van der Waals surface area (Å²) >= 11 is 0. The maximum atomic E-state index is 12.9. The van der Waals surface area contributed by atoms with Crippen molar-refractivity contribution in [2.24, 2.45) is 0 Å². The number of anilines is 1. The molecule has 132 valence electrons. The highest BCUT2D eigenvalue weighted by Crippen LogP contribution is 2.22. The number of halogens is 1. The Labute approximate surface area is 147 Å². The van der Waals surface area contributed by atoms with Gasteiger partial charge in [0.2, 0.25) is 11.8 Å². The maximum absolute atomic E-state index is 12.9. The minimum atomic E-state index is -0.305. The van der Waals surface area contributed by atoms with Gasteiger partial charge in [-0.3, -0.25) is 9.59 Å². The fourth-order valence-electron chi connectivity index (χ4n) is 2.56. The third-order valence-electron chi connectivity index (χ3n) is 4.00. The van der Waals surface area contributed by atoms with Gasteiger partial charge in [0.15, 0.2) is 0 Å². The number of aryl methyl sites for hydroxylation is 2. The lowest BCUT2D eigenvalue weighted by Crippen LogP contribution is -2.34. The van der Waals surface area contributed by atoms with Gasteiger partial charge in [-0.15, -0.1) is 0 Å². The van der Waals surface area contributed by atoms with Gasteiger partial charge in [-0.1, -0.05) is 24.3 Å². The normalized spacial score (nSPS) is 10.4. The van der Waals surface area contributed by atoms with Crippen molar-refractivity contribution >= 4 is 17.5 Å². The van der Waals surface area contributed by atoms with Crippen LogP contribution in [0.15, 0.2) is 42.5 Å². The molecule has 5 heteroatoms. The second kappa shape index (κ2) is 8.42. The number of benzene rings is 2. The van der Waals surface area contributed by atoms with E-state index in [-0.39, 0.29) is 24.1 Å². The van der Waals surface area contributed by atoms with Gasteiger partial charge >= 0.3 is 0 Å². The highest BCUT2D eigenvalue weighted by atomic mass is 19.1. The highest BCUT2D eigenvalue weighted by molar-refractivity contribution is 5.93. The van der Waals surface area contributed by atoms with Crippen LogP contribution < -0.4 is 10.2 Å². The van der Waals surface area contributed by atoms with Gasteiger partial charge in [-0.2, -0.15) is 0 Å². The number of nitrogens with zero attached hydrogens (tertiary/aromatic N) is 1. The zero-order chi connectivity index (χ0) is 18.4. The summed E-state index contributed by atoms with van der Waals surface area (Å²) < 4.78 is 12.9. The van der Waals surface area contributed by atoms with Crippen molar-refractivity contribution in [2.75, 3.05) is 11.4 Å². The molecule has 1 N–H and O–H groups in total. The minimum absolute atomic E-state index is 0.0972. The zero-order valence-corrected chi connectivity index (χ0v) is 14.8. The molecule has 2 aromatic rings. The fourth-order valence-corrected chi connectivity index (χ4v) is 2.56. The molecular weight excluding hydrogens is 319 g/mol. The maximum Gasteiger partial charge on any atom is 0.223 e. The van der Waals surface area contributed by atoms with E-state index in [1.807, 2.05) is 32.0 Å². The Morgan fingerprint density at radius 3 is 2.40 bits per heavy atom. The van der Waals surface area contributed by atoms with Crippen LogP contribution in [0.2, 0.25) is 0 Å². The van der Waals surface area contributed by atoms with Gasteiger partial charge in [0.05, 0.1) is 0 Å². The van der Waals surface area contributed by atoms with Gasteiger partial charge in [0.25, 0.3) is 0 Å². The van der Waals surface area contributed by atoms with Crippen LogP contribution in [-0.4, -0.2) is 18.4 Å². The Morgan fingerprint density at radius 1 is 1.08 bits per heavy atom. The van der Waals surface area contributed by atoms with Crippen LogP contribution in [0.1, 0.15) is 30.0 Å². The summed E-state index contributed by atoms with van der Waals surface area (Å²) in [7, 11) is 0. The van der Waals surface area contributed by atoms with Crippen LogP contribution in [-0.2, 0) is 16.1 Å². The molecule has 0 aromatic heterocycles. The van der Waals surface area contributed by atoms with E-state index in [9.17, 15) is 14.0 Å². The minimum Gasteiger partial charge on any atom is -0.352 e. The van der Waals surface area contributed by atoms with Crippen LogP contribution >= 0.6 is 0 Å². The molecule has 0 aliphatic carbocycles. The molecule has 0 aliphatic rings. The number of nitrogens with one attached hydrogen (secondary N) is 1. The number of hydrogen-bond acceptors (Lipinski definition) is 2. The highest BCUT2D eigenvalue weighted by Gasteiger charge is 2.15. The summed E-state index contributed by atoms with van der Waals surface area (Å²) in [6.07, 6.45) is 0.203. The molecule has 25 heavy (non-hydrogen) atoms. The number of rotatable bonds is 6. The molecule has 0 heterocycles. The number of carbonyl (C=O) groups excluding carboxylic acids is 2. The standard InChI is InChI=1S/C20H23FN2O2/c1-14-4-5-15(2)19(12-14)23(16(3)24)11-10-20(25)22-13-17-6-8-18(21)9-7-17/h4-9,12H,10-11,13H2,1-3H3,(H,22,25). The lowest BCUT2D eigenvalue weighted by atomic mass is 10.1. The zero-order valence-electron chi connectivity index (χ0n) is 14.8. The van der Waals surface area contributed by atoms with Crippen molar-refractivity contribution in [1.29, 1.82) is 0 Å². The van der Waals surface area contributed by atoms with E-state index in [1.165, 1.54) is 19.1 Å². The monoisotopic (exact) mass is 342 g/mol. The van der Waals surface area contributed by atoms with Crippen molar-refractivity contribution in [1.82, 2.24) is 5.32 Å². The molecule has 2 aromatic carbocycles. The Bertz CT molecular complexity index is 757. The molecule has 4 nitrogen and oxygen atoms in total. The molecule has 0 fully saturated rings. The summed E-state index contributed by atoms with van der Waals surface area (Å²) in [5.74, 6) is -0.554. The van der Waals surface area contributed by atoms with E-state index in [0.29, 0.717) is 13.1 Å². The average Bonchev–Trinajstić information content (AvgIpc) is 2.57. The smallest absolute Gasteiger partial charge is 0.223 e. The first-order valence-electron chi connectivity index (χ1n) is 8.23. The third-order valence-corrected chi connectivity index (χ3v) is 4.00. The van der Waals surface area contributed by atoms with Crippen molar-refractivity contribution < 1.29 is 14.0 Å². The first kappa shape index (κ1) is 18.6.